The fraction of sp³-hybridized carbons (Fsp3) is 0.333. The molecule has 30 heavy (non-hydrogen) atoms. The zero-order valence-corrected chi connectivity index (χ0v) is 16.9. The van der Waals surface area contributed by atoms with Crippen LogP contribution in [0.3, 0.4) is 0 Å². The van der Waals surface area contributed by atoms with Crippen LogP contribution in [0.5, 0.6) is 5.88 Å². The van der Waals surface area contributed by atoms with E-state index in [1.165, 1.54) is 13.5 Å². The number of imidazole rings is 1. The van der Waals surface area contributed by atoms with Gasteiger partial charge >= 0.3 is 5.69 Å². The molecular formula is C21H23N5O4. The van der Waals surface area contributed by atoms with Crippen molar-refractivity contribution in [3.63, 3.8) is 0 Å². The first-order valence-electron chi connectivity index (χ1n) is 10.0. The summed E-state index contributed by atoms with van der Waals surface area (Å²) in [6, 6.07) is 10.5. The number of fused-ring (bicyclic) bond motifs is 3. The van der Waals surface area contributed by atoms with Gasteiger partial charge in [-0.2, -0.15) is 4.98 Å². The summed E-state index contributed by atoms with van der Waals surface area (Å²) in [7, 11) is 0. The molecule has 0 amide bonds. The highest BCUT2D eigenvalue weighted by atomic mass is 16.3. The number of aromatic nitrogens is 5. The summed E-state index contributed by atoms with van der Waals surface area (Å²) in [6.07, 6.45) is 1.26. The predicted octanol–water partition coefficient (Wildman–Crippen LogP) is 1.55. The molecule has 0 saturated heterocycles. The van der Waals surface area contributed by atoms with Gasteiger partial charge in [0.25, 0.3) is 11.1 Å². The summed E-state index contributed by atoms with van der Waals surface area (Å²) in [5.74, 6) is -0.139. The normalized spacial score (nSPS) is 11.5. The van der Waals surface area contributed by atoms with Crippen molar-refractivity contribution in [2.45, 2.75) is 46.3 Å². The monoisotopic (exact) mass is 409 g/mol. The number of aryl methyl sites for hydroxylation is 1. The maximum atomic E-state index is 13.2. The van der Waals surface area contributed by atoms with Gasteiger partial charge in [-0.3, -0.25) is 23.3 Å². The third-order valence-corrected chi connectivity index (χ3v) is 5.08. The average Bonchev–Trinajstić information content (AvgIpc) is 3.13. The maximum absolute atomic E-state index is 13.2. The largest absolute Gasteiger partial charge is 0.494 e. The first kappa shape index (κ1) is 19.7. The molecule has 0 spiro atoms. The molecule has 0 radical (unpaired) electrons. The highest BCUT2D eigenvalue weighted by Crippen LogP contribution is 2.18. The van der Waals surface area contributed by atoms with Crippen LogP contribution >= 0.6 is 0 Å². The second kappa shape index (κ2) is 7.66. The lowest BCUT2D eigenvalue weighted by Crippen LogP contribution is -2.40. The fourth-order valence-electron chi connectivity index (χ4n) is 3.74. The third-order valence-electron chi connectivity index (χ3n) is 5.08. The van der Waals surface area contributed by atoms with E-state index in [1.807, 2.05) is 44.2 Å². The van der Waals surface area contributed by atoms with E-state index >= 15 is 0 Å². The van der Waals surface area contributed by atoms with E-state index in [9.17, 15) is 19.5 Å². The Balaban J connectivity index is 2.14. The smallest absolute Gasteiger partial charge is 0.332 e. The van der Waals surface area contributed by atoms with Crippen molar-refractivity contribution in [1.29, 1.82) is 0 Å². The standard InChI is InChI=1S/C21H23N5O4/c1-3-10-23-18-17(19(29)24(11-4-2)21(23)30)26-16(28)12-15(27)25(20(26)22-18)13-14-8-6-5-7-9-14/h5-9,12,27H,3-4,10-11,13H2,1-2H3. The van der Waals surface area contributed by atoms with Gasteiger partial charge in [0.05, 0.1) is 12.6 Å². The number of hydrogen-bond donors (Lipinski definition) is 1. The Morgan fingerprint density at radius 2 is 1.60 bits per heavy atom. The lowest BCUT2D eigenvalue weighted by molar-refractivity contribution is 0.419. The molecule has 0 aliphatic carbocycles. The Labute approximate surface area is 171 Å². The molecule has 3 aromatic heterocycles. The molecule has 156 valence electrons. The van der Waals surface area contributed by atoms with Crippen molar-refractivity contribution < 1.29 is 5.11 Å². The number of benzene rings is 1. The first-order chi connectivity index (χ1) is 14.5. The van der Waals surface area contributed by atoms with Crippen molar-refractivity contribution in [1.82, 2.24) is 23.1 Å². The summed E-state index contributed by atoms with van der Waals surface area (Å²) in [6.45, 7) is 4.66. The van der Waals surface area contributed by atoms with E-state index in [4.69, 9.17) is 0 Å². The molecule has 9 heteroatoms. The Kier molecular flexibility index (Phi) is 5.03. The van der Waals surface area contributed by atoms with Gasteiger partial charge < -0.3 is 5.11 Å². The molecule has 0 aliphatic heterocycles. The summed E-state index contributed by atoms with van der Waals surface area (Å²) in [5.41, 5.74) is -0.463. The zero-order chi connectivity index (χ0) is 21.4. The molecule has 0 atom stereocenters. The van der Waals surface area contributed by atoms with Crippen LogP contribution in [0.2, 0.25) is 0 Å². The van der Waals surface area contributed by atoms with Crippen molar-refractivity contribution >= 4 is 16.9 Å². The summed E-state index contributed by atoms with van der Waals surface area (Å²) in [4.78, 5) is 43.3. The second-order valence-corrected chi connectivity index (χ2v) is 7.22. The van der Waals surface area contributed by atoms with Crippen LogP contribution in [0.15, 0.2) is 50.8 Å². The summed E-state index contributed by atoms with van der Waals surface area (Å²) < 4.78 is 5.24. The summed E-state index contributed by atoms with van der Waals surface area (Å²) >= 11 is 0. The highest BCUT2D eigenvalue weighted by Gasteiger charge is 2.22. The second-order valence-electron chi connectivity index (χ2n) is 7.22. The molecule has 3 heterocycles. The molecule has 0 saturated carbocycles. The number of rotatable bonds is 6. The molecular weight excluding hydrogens is 386 g/mol. The minimum Gasteiger partial charge on any atom is -0.494 e. The summed E-state index contributed by atoms with van der Waals surface area (Å²) in [5, 5.41) is 10.5. The van der Waals surface area contributed by atoms with Gasteiger partial charge in [0.2, 0.25) is 5.78 Å². The van der Waals surface area contributed by atoms with Crippen molar-refractivity contribution in [3.05, 3.63) is 73.2 Å². The van der Waals surface area contributed by atoms with E-state index in [-0.39, 0.29) is 35.9 Å². The quantitative estimate of drug-likeness (QED) is 0.520. The number of aromatic hydroxyl groups is 1. The molecule has 1 N–H and O–H groups in total. The van der Waals surface area contributed by atoms with Crippen LogP contribution in [0.1, 0.15) is 32.3 Å². The average molecular weight is 409 g/mol. The van der Waals surface area contributed by atoms with Crippen molar-refractivity contribution in [3.8, 4) is 5.88 Å². The van der Waals surface area contributed by atoms with Gasteiger partial charge in [0, 0.05) is 13.1 Å². The molecule has 0 fully saturated rings. The first-order valence-corrected chi connectivity index (χ1v) is 10.0. The Bertz CT molecular complexity index is 1410. The molecule has 9 nitrogen and oxygen atoms in total. The van der Waals surface area contributed by atoms with E-state index < -0.39 is 16.8 Å². The molecule has 4 aromatic rings. The molecule has 0 aliphatic rings. The number of nitrogens with zero attached hydrogens (tertiary/aromatic N) is 5. The SMILES string of the molecule is CCCn1c(=O)c2c(nc3n(Cc4ccccc4)c(O)cc(=O)n23)n(CCC)c1=O. The van der Waals surface area contributed by atoms with Crippen LogP contribution in [0, 0.1) is 0 Å². The van der Waals surface area contributed by atoms with E-state index in [0.29, 0.717) is 19.4 Å². The van der Waals surface area contributed by atoms with Gasteiger partial charge in [-0.05, 0) is 18.4 Å². The lowest BCUT2D eigenvalue weighted by Gasteiger charge is -2.11. The van der Waals surface area contributed by atoms with Crippen molar-refractivity contribution in [2.24, 2.45) is 0 Å². The van der Waals surface area contributed by atoms with E-state index in [2.05, 4.69) is 4.98 Å². The minimum absolute atomic E-state index is 0.0540. The topological polar surface area (TPSA) is 104 Å². The van der Waals surface area contributed by atoms with Gasteiger partial charge in [-0.15, -0.1) is 0 Å². The fourth-order valence-corrected chi connectivity index (χ4v) is 3.74. The molecule has 0 bridgehead atoms. The molecule has 4 rings (SSSR count). The minimum atomic E-state index is -0.573. The maximum Gasteiger partial charge on any atom is 0.332 e. The van der Waals surface area contributed by atoms with Crippen LogP contribution in [-0.2, 0) is 19.6 Å². The van der Waals surface area contributed by atoms with E-state index in [1.54, 1.807) is 0 Å². The van der Waals surface area contributed by atoms with Gasteiger partial charge in [0.1, 0.15) is 0 Å². The van der Waals surface area contributed by atoms with Crippen LogP contribution < -0.4 is 16.8 Å². The van der Waals surface area contributed by atoms with Gasteiger partial charge in [-0.1, -0.05) is 44.2 Å². The predicted molar refractivity (Wildman–Crippen MR) is 113 cm³/mol. The van der Waals surface area contributed by atoms with Gasteiger partial charge in [0.15, 0.2) is 17.0 Å². The van der Waals surface area contributed by atoms with Crippen molar-refractivity contribution in [2.75, 3.05) is 0 Å². The van der Waals surface area contributed by atoms with Crippen LogP contribution in [0.4, 0.5) is 0 Å². The van der Waals surface area contributed by atoms with E-state index in [0.717, 1.165) is 16.2 Å². The zero-order valence-electron chi connectivity index (χ0n) is 16.9. The van der Waals surface area contributed by atoms with Crippen LogP contribution in [0.25, 0.3) is 16.9 Å². The Morgan fingerprint density at radius 3 is 2.27 bits per heavy atom. The Hall–Kier alpha value is -3.62. The van der Waals surface area contributed by atoms with Crippen LogP contribution in [-0.4, -0.2) is 28.2 Å². The molecule has 1 aromatic carbocycles. The third kappa shape index (κ3) is 3.02. The Morgan fingerprint density at radius 1 is 0.933 bits per heavy atom. The highest BCUT2D eigenvalue weighted by molar-refractivity contribution is 5.75. The lowest BCUT2D eigenvalue weighted by atomic mass is 10.2. The number of hydrogen-bond acceptors (Lipinski definition) is 5. The van der Waals surface area contributed by atoms with Gasteiger partial charge in [-0.25, -0.2) is 9.20 Å². The molecule has 0 unspecified atom stereocenters.